The van der Waals surface area contributed by atoms with Gasteiger partial charge >= 0.3 is 0 Å². The quantitative estimate of drug-likeness (QED) is 0.676. The van der Waals surface area contributed by atoms with E-state index in [0.717, 1.165) is 0 Å². The normalized spacial score (nSPS) is 20.1. The predicted octanol–water partition coefficient (Wildman–Crippen LogP) is 0.397. The van der Waals surface area contributed by atoms with Gasteiger partial charge in [-0.2, -0.15) is 0 Å². The van der Waals surface area contributed by atoms with E-state index in [-0.39, 0.29) is 11.6 Å². The minimum atomic E-state index is -0.590. The van der Waals surface area contributed by atoms with Crippen LogP contribution in [0.25, 0.3) is 0 Å². The molecule has 80 valence electrons. The highest BCUT2D eigenvalue weighted by atomic mass is 35.5. The number of amides is 1. The van der Waals surface area contributed by atoms with Crippen LogP contribution < -0.4 is 5.32 Å². The molecular weight excluding hydrogens is 206 g/mol. The highest BCUT2D eigenvalue weighted by molar-refractivity contribution is 6.41. The number of rotatable bonds is 3. The molecule has 0 aromatic carbocycles. The second-order valence-corrected chi connectivity index (χ2v) is 3.87. The average Bonchev–Trinajstić information content (AvgIpc) is 2.19. The van der Waals surface area contributed by atoms with Crippen molar-refractivity contribution in [2.75, 3.05) is 19.8 Å². The Bertz CT molecular complexity index is 236. The molecule has 1 rings (SSSR count). The molecule has 1 fully saturated rings. The summed E-state index contributed by atoms with van der Waals surface area (Å²) in [6.45, 7) is 4.30. The fraction of sp³-hybridized carbons (Fsp3) is 0.667. The summed E-state index contributed by atoms with van der Waals surface area (Å²) in [5.41, 5.74) is -0.590. The van der Waals surface area contributed by atoms with E-state index in [1.54, 1.807) is 0 Å². The summed E-state index contributed by atoms with van der Waals surface area (Å²) in [5.74, 6) is -0.428. The monoisotopic (exact) mass is 219 g/mol. The molecular formula is C9H14ClNO3. The van der Waals surface area contributed by atoms with Gasteiger partial charge in [-0.3, -0.25) is 4.79 Å². The number of aliphatic hydroxyl groups excluding tert-OH is 1. The van der Waals surface area contributed by atoms with Crippen LogP contribution in [0, 0.1) is 0 Å². The van der Waals surface area contributed by atoms with Gasteiger partial charge < -0.3 is 15.2 Å². The number of ether oxygens (including phenoxy) is 1. The molecule has 0 saturated carbocycles. The van der Waals surface area contributed by atoms with Crippen LogP contribution >= 0.6 is 11.6 Å². The Labute approximate surface area is 87.9 Å². The van der Waals surface area contributed by atoms with Gasteiger partial charge in [-0.25, -0.2) is 0 Å². The summed E-state index contributed by atoms with van der Waals surface area (Å²) >= 11 is 5.45. The number of carbonyl (C=O) groups excluding carboxylic acids is 1. The van der Waals surface area contributed by atoms with Crippen molar-refractivity contribution in [3.05, 3.63) is 11.6 Å². The maximum atomic E-state index is 11.3. The number of halogens is 1. The maximum absolute atomic E-state index is 11.3. The highest BCUT2D eigenvalue weighted by Crippen LogP contribution is 2.20. The minimum absolute atomic E-state index is 0.0654. The lowest BCUT2D eigenvalue weighted by Gasteiger charge is -2.36. The summed E-state index contributed by atoms with van der Waals surface area (Å²) in [6, 6.07) is 0. The summed E-state index contributed by atoms with van der Waals surface area (Å²) in [6.07, 6.45) is 1.19. The average molecular weight is 220 g/mol. The largest absolute Gasteiger partial charge is 0.394 e. The molecule has 0 unspecified atom stereocenters. The van der Waals surface area contributed by atoms with Crippen molar-refractivity contribution < 1.29 is 14.6 Å². The fourth-order valence-corrected chi connectivity index (χ4v) is 1.44. The van der Waals surface area contributed by atoms with Crippen molar-refractivity contribution in [2.45, 2.75) is 18.4 Å². The van der Waals surface area contributed by atoms with E-state index in [0.29, 0.717) is 26.1 Å². The summed E-state index contributed by atoms with van der Waals surface area (Å²) in [5, 5.41) is 11.8. The predicted molar refractivity (Wildman–Crippen MR) is 53.0 cm³/mol. The molecule has 1 aliphatic heterocycles. The summed E-state index contributed by atoms with van der Waals surface area (Å²) in [4.78, 5) is 11.3. The molecule has 0 radical (unpaired) electrons. The first-order valence-electron chi connectivity index (χ1n) is 4.45. The number of carbonyl (C=O) groups is 1. The van der Waals surface area contributed by atoms with Crippen LogP contribution in [0.2, 0.25) is 0 Å². The second kappa shape index (κ2) is 4.77. The lowest BCUT2D eigenvalue weighted by Crippen LogP contribution is -2.54. The third kappa shape index (κ3) is 2.70. The molecule has 0 bridgehead atoms. The van der Waals surface area contributed by atoms with Crippen LogP contribution in [0.5, 0.6) is 0 Å². The van der Waals surface area contributed by atoms with Gasteiger partial charge in [-0.15, -0.1) is 0 Å². The van der Waals surface area contributed by atoms with Gasteiger partial charge in [-0.05, 0) is 12.8 Å². The molecule has 1 amide bonds. The van der Waals surface area contributed by atoms with Gasteiger partial charge in [0, 0.05) is 13.2 Å². The van der Waals surface area contributed by atoms with Crippen LogP contribution in [-0.2, 0) is 9.53 Å². The Morgan fingerprint density at radius 2 is 2.14 bits per heavy atom. The molecule has 0 aromatic rings. The molecule has 1 saturated heterocycles. The third-order valence-electron chi connectivity index (χ3n) is 2.38. The Hall–Kier alpha value is -0.580. The molecule has 0 aliphatic carbocycles. The van der Waals surface area contributed by atoms with E-state index >= 15 is 0 Å². The molecule has 14 heavy (non-hydrogen) atoms. The van der Waals surface area contributed by atoms with Crippen molar-refractivity contribution >= 4 is 17.5 Å². The van der Waals surface area contributed by atoms with Crippen molar-refractivity contribution in [2.24, 2.45) is 0 Å². The van der Waals surface area contributed by atoms with Crippen molar-refractivity contribution in [3.8, 4) is 0 Å². The van der Waals surface area contributed by atoms with Crippen molar-refractivity contribution in [3.63, 3.8) is 0 Å². The molecule has 0 aromatic heterocycles. The van der Waals surface area contributed by atoms with Crippen molar-refractivity contribution in [1.82, 2.24) is 5.32 Å². The maximum Gasteiger partial charge on any atom is 0.262 e. The van der Waals surface area contributed by atoms with E-state index in [4.69, 9.17) is 16.3 Å². The smallest absolute Gasteiger partial charge is 0.262 e. The second-order valence-electron chi connectivity index (χ2n) is 3.41. The Morgan fingerprint density at radius 1 is 1.57 bits per heavy atom. The molecule has 1 aliphatic rings. The van der Waals surface area contributed by atoms with Crippen LogP contribution in [0.4, 0.5) is 0 Å². The fourth-order valence-electron chi connectivity index (χ4n) is 1.39. The molecule has 0 spiro atoms. The zero-order chi connectivity index (χ0) is 10.6. The van der Waals surface area contributed by atoms with Crippen LogP contribution in [0.1, 0.15) is 12.8 Å². The number of nitrogens with one attached hydrogen (secondary N) is 1. The molecule has 1 heterocycles. The minimum Gasteiger partial charge on any atom is -0.394 e. The van der Waals surface area contributed by atoms with Crippen LogP contribution in [0.3, 0.4) is 0 Å². The Kier molecular flexibility index (Phi) is 3.92. The summed E-state index contributed by atoms with van der Waals surface area (Å²) < 4.78 is 5.15. The number of hydrogen-bond donors (Lipinski definition) is 2. The van der Waals surface area contributed by atoms with E-state index in [1.165, 1.54) is 0 Å². The topological polar surface area (TPSA) is 58.6 Å². The third-order valence-corrected chi connectivity index (χ3v) is 2.55. The van der Waals surface area contributed by atoms with Crippen LogP contribution in [-0.4, -0.2) is 36.4 Å². The molecule has 4 nitrogen and oxygen atoms in total. The van der Waals surface area contributed by atoms with Gasteiger partial charge in [-0.1, -0.05) is 18.2 Å². The zero-order valence-corrected chi connectivity index (χ0v) is 8.64. The number of hydrogen-bond acceptors (Lipinski definition) is 3. The van der Waals surface area contributed by atoms with Gasteiger partial charge in [0.2, 0.25) is 0 Å². The first-order chi connectivity index (χ1) is 6.59. The van der Waals surface area contributed by atoms with Gasteiger partial charge in [0.15, 0.2) is 0 Å². The molecule has 2 N–H and O–H groups in total. The molecule has 5 heteroatoms. The van der Waals surface area contributed by atoms with E-state index in [9.17, 15) is 9.90 Å². The SMILES string of the molecule is C=C(Cl)C(=O)NC1(CO)CCOCC1. The number of aliphatic hydroxyl groups is 1. The van der Waals surface area contributed by atoms with E-state index < -0.39 is 11.4 Å². The van der Waals surface area contributed by atoms with Gasteiger partial charge in [0.05, 0.1) is 17.2 Å². The first-order valence-corrected chi connectivity index (χ1v) is 4.83. The van der Waals surface area contributed by atoms with Crippen molar-refractivity contribution in [1.29, 1.82) is 0 Å². The lowest BCUT2D eigenvalue weighted by atomic mass is 9.91. The summed E-state index contributed by atoms with van der Waals surface area (Å²) in [7, 11) is 0. The van der Waals surface area contributed by atoms with Gasteiger partial charge in [0.1, 0.15) is 0 Å². The lowest BCUT2D eigenvalue weighted by molar-refractivity contribution is -0.120. The first kappa shape index (κ1) is 11.5. The highest BCUT2D eigenvalue weighted by Gasteiger charge is 2.33. The van der Waals surface area contributed by atoms with Crippen LogP contribution in [0.15, 0.2) is 11.6 Å². The Balaban J connectivity index is 2.60. The molecule has 0 atom stereocenters. The standard InChI is InChI=1S/C9H14ClNO3/c1-7(10)8(13)11-9(6-12)2-4-14-5-3-9/h12H,1-6H2,(H,11,13). The zero-order valence-electron chi connectivity index (χ0n) is 7.88. The van der Waals surface area contributed by atoms with E-state index in [2.05, 4.69) is 11.9 Å². The van der Waals surface area contributed by atoms with E-state index in [1.807, 2.05) is 0 Å². The van der Waals surface area contributed by atoms with Gasteiger partial charge in [0.25, 0.3) is 5.91 Å². The Morgan fingerprint density at radius 3 is 2.57 bits per heavy atom.